The molecule has 0 radical (unpaired) electrons. The van der Waals surface area contributed by atoms with Gasteiger partial charge in [-0.25, -0.2) is 0 Å². The number of nitrogens with one attached hydrogen (secondary N) is 2. The van der Waals surface area contributed by atoms with Gasteiger partial charge in [0.1, 0.15) is 6.04 Å². The number of amides is 3. The normalized spacial score (nSPS) is 18.7. The molecule has 0 spiro atoms. The van der Waals surface area contributed by atoms with Gasteiger partial charge >= 0.3 is 0 Å². The lowest BCUT2D eigenvalue weighted by atomic mass is 9.97. The molecule has 3 rings (SSSR count). The maximum absolute atomic E-state index is 13.6. The Morgan fingerprint density at radius 3 is 2.43 bits per heavy atom. The number of carbonyl (C=O) groups is 3. The average molecular weight is 524 g/mol. The molecule has 2 aromatic carbocycles. The van der Waals surface area contributed by atoms with Crippen LogP contribution in [0.4, 0.5) is 0 Å². The maximum atomic E-state index is 13.6. The minimum absolute atomic E-state index is 0.269. The monoisotopic (exact) mass is 523 g/mol. The summed E-state index contributed by atoms with van der Waals surface area (Å²) in [4.78, 5) is 41.1. The van der Waals surface area contributed by atoms with Crippen molar-refractivity contribution in [3.8, 4) is 0 Å². The first-order valence-electron chi connectivity index (χ1n) is 12.5. The fraction of sp³-hybridized carbons (Fsp3) is 0.414. The zero-order chi connectivity index (χ0) is 27.2. The van der Waals surface area contributed by atoms with Crippen molar-refractivity contribution in [1.29, 1.82) is 0 Å². The molecule has 198 valence electrons. The molecule has 1 fully saturated rings. The van der Waals surface area contributed by atoms with Crippen molar-refractivity contribution < 1.29 is 19.5 Å². The molecule has 2 aromatic rings. The molecule has 3 amide bonds. The Kier molecular flexibility index (Phi) is 9.56. The van der Waals surface area contributed by atoms with Crippen LogP contribution in [-0.2, 0) is 27.3 Å². The molecule has 1 aliphatic heterocycles. The van der Waals surface area contributed by atoms with E-state index < -0.39 is 28.8 Å². The molecule has 7 nitrogen and oxygen atoms in total. The van der Waals surface area contributed by atoms with Crippen LogP contribution in [0.15, 0.2) is 66.2 Å². The number of hydrogen-bond acceptors (Lipinski definition) is 5. The topological polar surface area (TPSA) is 98.7 Å². The predicted octanol–water partition coefficient (Wildman–Crippen LogP) is 3.35. The van der Waals surface area contributed by atoms with Gasteiger partial charge in [0.25, 0.3) is 5.91 Å². The summed E-state index contributed by atoms with van der Waals surface area (Å²) in [5, 5.41) is 17.1. The molecule has 0 aromatic heterocycles. The second-order valence-corrected chi connectivity index (χ2v) is 11.5. The molecule has 3 atom stereocenters. The van der Waals surface area contributed by atoms with Crippen molar-refractivity contribution >= 4 is 29.5 Å². The fourth-order valence-electron chi connectivity index (χ4n) is 4.37. The number of nitrogens with zero attached hydrogens (tertiary/aromatic N) is 1. The Bertz CT molecular complexity index is 1150. The summed E-state index contributed by atoms with van der Waals surface area (Å²) in [5.74, 6) is -0.926. The molecule has 1 aliphatic rings. The van der Waals surface area contributed by atoms with E-state index in [1.165, 1.54) is 16.7 Å². The Balaban J connectivity index is 1.80. The van der Waals surface area contributed by atoms with Crippen LogP contribution in [0.2, 0.25) is 0 Å². The zero-order valence-corrected chi connectivity index (χ0v) is 23.0. The molecule has 0 aliphatic carbocycles. The maximum Gasteiger partial charge on any atom is 0.254 e. The van der Waals surface area contributed by atoms with Crippen molar-refractivity contribution in [2.45, 2.75) is 70.5 Å². The largest absolute Gasteiger partial charge is 0.381 e. The Hall–Kier alpha value is -3.10. The Morgan fingerprint density at radius 1 is 1.14 bits per heavy atom. The zero-order valence-electron chi connectivity index (χ0n) is 22.2. The van der Waals surface area contributed by atoms with E-state index in [1.807, 2.05) is 75.4 Å². The fourth-order valence-corrected chi connectivity index (χ4v) is 5.51. The third-order valence-corrected chi connectivity index (χ3v) is 8.21. The first-order valence-corrected chi connectivity index (χ1v) is 13.5. The summed E-state index contributed by atoms with van der Waals surface area (Å²) in [6.07, 6.45) is 0.428. The molecule has 3 N–H and O–H groups in total. The van der Waals surface area contributed by atoms with Gasteiger partial charge in [-0.2, -0.15) is 0 Å². The molecular weight excluding hydrogens is 486 g/mol. The van der Waals surface area contributed by atoms with Crippen molar-refractivity contribution in [3.05, 3.63) is 82.9 Å². The average Bonchev–Trinajstić information content (AvgIpc) is 3.21. The van der Waals surface area contributed by atoms with Crippen molar-refractivity contribution in [1.82, 2.24) is 15.5 Å². The number of allylic oxidation sites excluding steroid dienone is 1. The minimum atomic E-state index is -1.52. The van der Waals surface area contributed by atoms with Crippen molar-refractivity contribution in [2.24, 2.45) is 0 Å². The highest BCUT2D eigenvalue weighted by Gasteiger charge is 2.49. The number of aliphatic hydroxyl groups excluding tert-OH is 1. The molecule has 0 unspecified atom stereocenters. The van der Waals surface area contributed by atoms with Crippen LogP contribution in [-0.4, -0.2) is 56.5 Å². The molecule has 8 heteroatoms. The molecule has 37 heavy (non-hydrogen) atoms. The third kappa shape index (κ3) is 7.02. The second kappa shape index (κ2) is 12.4. The van der Waals surface area contributed by atoms with Crippen LogP contribution in [0.5, 0.6) is 0 Å². The summed E-state index contributed by atoms with van der Waals surface area (Å²) >= 11 is 1.49. The van der Waals surface area contributed by atoms with Gasteiger partial charge in [-0.1, -0.05) is 60.7 Å². The van der Waals surface area contributed by atoms with E-state index in [2.05, 4.69) is 10.6 Å². The highest BCUT2D eigenvalue weighted by atomic mass is 32.2. The van der Waals surface area contributed by atoms with E-state index in [4.69, 9.17) is 0 Å². The lowest BCUT2D eigenvalue weighted by molar-refractivity contribution is -0.147. The molecule has 1 heterocycles. The van der Waals surface area contributed by atoms with Crippen LogP contribution in [0, 0.1) is 6.92 Å². The van der Waals surface area contributed by atoms with Gasteiger partial charge in [-0.05, 0) is 57.7 Å². The van der Waals surface area contributed by atoms with E-state index in [0.29, 0.717) is 12.1 Å². The number of aliphatic hydroxyl groups is 1. The standard InChI is InChI=1S/C29H37N3O4S/c1-6-19(2)26(34)31-23(16-21-13-8-7-9-14-21)24(33)28(36)32-18-37-29(4,5)25(32)27(35)30-17-22-15-11-10-12-20(22)3/h6-15,23-25,33H,16-18H2,1-5H3,(H,30,35)(H,31,34)/t23-,24-,25+/m0/s1. The summed E-state index contributed by atoms with van der Waals surface area (Å²) in [6.45, 7) is 9.62. The number of carbonyl (C=O) groups excluding carboxylic acids is 3. The van der Waals surface area contributed by atoms with E-state index in [0.717, 1.165) is 16.7 Å². The van der Waals surface area contributed by atoms with Gasteiger partial charge in [0.15, 0.2) is 6.10 Å². The number of rotatable bonds is 9. The van der Waals surface area contributed by atoms with Gasteiger partial charge in [-0.3, -0.25) is 14.4 Å². The first kappa shape index (κ1) is 28.5. The lowest BCUT2D eigenvalue weighted by Crippen LogP contribution is -2.58. The van der Waals surface area contributed by atoms with Crippen LogP contribution in [0.25, 0.3) is 0 Å². The molecule has 0 bridgehead atoms. The highest BCUT2D eigenvalue weighted by Crippen LogP contribution is 2.40. The summed E-state index contributed by atoms with van der Waals surface area (Å²) < 4.78 is -0.551. The molecular formula is C29H37N3O4S. The van der Waals surface area contributed by atoms with Gasteiger partial charge in [0.2, 0.25) is 11.8 Å². The van der Waals surface area contributed by atoms with Gasteiger partial charge in [0, 0.05) is 16.9 Å². The van der Waals surface area contributed by atoms with Crippen LogP contribution >= 0.6 is 11.8 Å². The molecule has 0 saturated carbocycles. The quantitative estimate of drug-likeness (QED) is 0.438. The minimum Gasteiger partial charge on any atom is -0.381 e. The second-order valence-electron chi connectivity index (χ2n) is 9.92. The Morgan fingerprint density at radius 2 is 1.78 bits per heavy atom. The van der Waals surface area contributed by atoms with Gasteiger partial charge < -0.3 is 20.6 Å². The first-order chi connectivity index (χ1) is 17.5. The Labute approximate surface area is 223 Å². The molecule has 1 saturated heterocycles. The number of hydrogen-bond donors (Lipinski definition) is 3. The SMILES string of the molecule is CC=C(C)C(=O)N[C@@H](Cc1ccccc1)[C@H](O)C(=O)N1CSC(C)(C)[C@H]1C(=O)NCc1ccccc1C. The summed E-state index contributed by atoms with van der Waals surface area (Å²) in [7, 11) is 0. The van der Waals surface area contributed by atoms with Gasteiger partial charge in [-0.15, -0.1) is 11.8 Å². The van der Waals surface area contributed by atoms with Crippen molar-refractivity contribution in [3.63, 3.8) is 0 Å². The van der Waals surface area contributed by atoms with E-state index >= 15 is 0 Å². The number of benzene rings is 2. The van der Waals surface area contributed by atoms with Crippen LogP contribution < -0.4 is 10.6 Å². The predicted molar refractivity (Wildman–Crippen MR) is 148 cm³/mol. The van der Waals surface area contributed by atoms with E-state index in [-0.39, 0.29) is 24.1 Å². The summed E-state index contributed by atoms with van der Waals surface area (Å²) in [6, 6.07) is 15.6. The van der Waals surface area contributed by atoms with Gasteiger partial charge in [0.05, 0.1) is 11.9 Å². The van der Waals surface area contributed by atoms with Crippen LogP contribution in [0.1, 0.15) is 44.4 Å². The third-order valence-electron chi connectivity index (χ3n) is 6.83. The van der Waals surface area contributed by atoms with E-state index in [1.54, 1.807) is 19.9 Å². The lowest BCUT2D eigenvalue weighted by Gasteiger charge is -2.33. The van der Waals surface area contributed by atoms with Crippen molar-refractivity contribution in [2.75, 3.05) is 5.88 Å². The smallest absolute Gasteiger partial charge is 0.254 e. The summed E-state index contributed by atoms with van der Waals surface area (Å²) in [5.41, 5.74) is 3.44. The number of aryl methyl sites for hydroxylation is 1. The van der Waals surface area contributed by atoms with Crippen LogP contribution in [0.3, 0.4) is 0 Å². The highest BCUT2D eigenvalue weighted by molar-refractivity contribution is 8.00. The van der Waals surface area contributed by atoms with E-state index in [9.17, 15) is 19.5 Å². The number of thioether (sulfide) groups is 1.